The number of thiophene rings is 1. The zero-order valence-corrected chi connectivity index (χ0v) is 33.5. The summed E-state index contributed by atoms with van der Waals surface area (Å²) in [5, 5.41) is 5.11. The Morgan fingerprint density at radius 1 is 0.492 bits per heavy atom. The number of rotatable bonds is 9. The van der Waals surface area contributed by atoms with E-state index in [1.54, 1.807) is 0 Å². The fourth-order valence-corrected chi connectivity index (χ4v) is 10.9. The van der Waals surface area contributed by atoms with E-state index in [9.17, 15) is 0 Å². The van der Waals surface area contributed by atoms with Crippen LogP contribution in [0.15, 0.2) is 219 Å². The second-order valence-electron chi connectivity index (χ2n) is 15.6. The van der Waals surface area contributed by atoms with Crippen molar-refractivity contribution in [1.82, 2.24) is 0 Å². The molecule has 1 nitrogen and oxygen atoms in total. The number of nitrogens with zero attached hydrogens (tertiary/aromatic N) is 1. The molecule has 0 bridgehead atoms. The monoisotopic (exact) mass is 771 g/mol. The van der Waals surface area contributed by atoms with Crippen LogP contribution in [0, 0.1) is 0 Å². The fourth-order valence-electron chi connectivity index (χ4n) is 9.70. The summed E-state index contributed by atoms with van der Waals surface area (Å²) in [6, 6.07) is 76.6. The maximum Gasteiger partial charge on any atom is 0.0714 e. The first-order chi connectivity index (χ1) is 29.2. The van der Waals surface area contributed by atoms with Crippen LogP contribution < -0.4 is 4.90 Å². The Kier molecular flexibility index (Phi) is 8.61. The quantitative estimate of drug-likeness (QED) is 0.132. The van der Waals surface area contributed by atoms with Gasteiger partial charge in [-0.1, -0.05) is 170 Å². The summed E-state index contributed by atoms with van der Waals surface area (Å²) < 4.78 is 2.65. The highest BCUT2D eigenvalue weighted by atomic mass is 32.1. The van der Waals surface area contributed by atoms with Gasteiger partial charge in [-0.2, -0.15) is 0 Å². The number of hydrogen-bond acceptors (Lipinski definition) is 2. The van der Waals surface area contributed by atoms with Crippen LogP contribution in [0.2, 0.25) is 0 Å². The Morgan fingerprint density at radius 3 is 1.86 bits per heavy atom. The molecule has 1 aromatic heterocycles. The lowest BCUT2D eigenvalue weighted by atomic mass is 9.67. The van der Waals surface area contributed by atoms with Crippen molar-refractivity contribution in [3.8, 4) is 22.3 Å². The summed E-state index contributed by atoms with van der Waals surface area (Å²) >= 11 is 1.88. The minimum Gasteiger partial charge on any atom is -0.310 e. The van der Waals surface area contributed by atoms with Crippen LogP contribution in [0.3, 0.4) is 0 Å². The van der Waals surface area contributed by atoms with E-state index >= 15 is 0 Å². The molecule has 9 aromatic carbocycles. The largest absolute Gasteiger partial charge is 0.310 e. The molecule has 0 saturated carbocycles. The number of aryl methyl sites for hydroxylation is 1. The Hall–Kier alpha value is -7.00. The molecule has 0 aliphatic heterocycles. The molecule has 2 heteroatoms. The molecule has 10 aromatic rings. The van der Waals surface area contributed by atoms with E-state index in [2.05, 4.69) is 218 Å². The minimum absolute atomic E-state index is 0.502. The first-order valence-corrected chi connectivity index (χ1v) is 21.3. The minimum atomic E-state index is -0.502. The number of hydrogen-bond donors (Lipinski definition) is 0. The Labute approximate surface area is 349 Å². The van der Waals surface area contributed by atoms with Crippen LogP contribution in [-0.2, 0) is 11.8 Å². The van der Waals surface area contributed by atoms with E-state index in [0.29, 0.717) is 0 Å². The zero-order chi connectivity index (χ0) is 39.3. The van der Waals surface area contributed by atoms with Gasteiger partial charge >= 0.3 is 0 Å². The molecule has 0 atom stereocenters. The fraction of sp³-hybridized carbons (Fsp3) is 0.0526. The summed E-state index contributed by atoms with van der Waals surface area (Å²) in [7, 11) is 0. The number of anilines is 3. The van der Waals surface area contributed by atoms with Crippen LogP contribution in [0.25, 0.3) is 53.2 Å². The van der Waals surface area contributed by atoms with Gasteiger partial charge in [0.1, 0.15) is 0 Å². The van der Waals surface area contributed by atoms with Crippen LogP contribution in [0.5, 0.6) is 0 Å². The van der Waals surface area contributed by atoms with Gasteiger partial charge in [-0.05, 0) is 116 Å². The lowest BCUT2D eigenvalue weighted by molar-refractivity contribution is 0.768. The van der Waals surface area contributed by atoms with Crippen molar-refractivity contribution in [3.63, 3.8) is 0 Å². The van der Waals surface area contributed by atoms with Gasteiger partial charge in [-0.25, -0.2) is 0 Å². The van der Waals surface area contributed by atoms with Gasteiger partial charge in [0.25, 0.3) is 0 Å². The van der Waals surface area contributed by atoms with Crippen molar-refractivity contribution in [3.05, 3.63) is 247 Å². The first-order valence-electron chi connectivity index (χ1n) is 20.5. The van der Waals surface area contributed by atoms with E-state index in [1.165, 1.54) is 86.7 Å². The van der Waals surface area contributed by atoms with Crippen molar-refractivity contribution in [2.24, 2.45) is 0 Å². The van der Waals surface area contributed by atoms with Crippen molar-refractivity contribution >= 4 is 59.3 Å². The summed E-state index contributed by atoms with van der Waals surface area (Å²) in [4.78, 5) is 2.50. The van der Waals surface area contributed by atoms with Crippen molar-refractivity contribution < 1.29 is 0 Å². The predicted octanol–water partition coefficient (Wildman–Crippen LogP) is 15.8. The lowest BCUT2D eigenvalue weighted by Crippen LogP contribution is -2.28. The van der Waals surface area contributed by atoms with Crippen LogP contribution >= 0.6 is 11.3 Å². The smallest absolute Gasteiger partial charge is 0.0714 e. The molecule has 1 aliphatic carbocycles. The third-order valence-electron chi connectivity index (χ3n) is 12.3. The normalized spacial score (nSPS) is 12.7. The molecule has 0 fully saturated rings. The van der Waals surface area contributed by atoms with Crippen LogP contribution in [0.1, 0.15) is 34.2 Å². The topological polar surface area (TPSA) is 3.24 Å². The van der Waals surface area contributed by atoms with Gasteiger partial charge in [0.05, 0.1) is 5.41 Å². The summed E-state index contributed by atoms with van der Waals surface area (Å²) in [5.74, 6) is 0. The van der Waals surface area contributed by atoms with E-state index < -0.39 is 5.41 Å². The zero-order valence-electron chi connectivity index (χ0n) is 32.7. The van der Waals surface area contributed by atoms with Crippen molar-refractivity contribution in [2.45, 2.75) is 18.3 Å². The molecule has 0 N–H and O–H groups in total. The molecule has 0 radical (unpaired) electrons. The number of benzene rings is 9. The Bertz CT molecular complexity index is 3140. The molecule has 0 amide bonds. The molecule has 280 valence electrons. The van der Waals surface area contributed by atoms with Gasteiger partial charge in [-0.3, -0.25) is 0 Å². The molecule has 1 heterocycles. The SMILES string of the molecule is C=CCCc1cc2ccccc2cc1N(c1ccc(-c2cccc3c2sc2ccccc23)cc1)c1ccc2c(c1)C(c1ccccc1)(c1ccccc1)c1ccccc1-2. The second-order valence-corrected chi connectivity index (χ2v) is 16.6. The predicted molar refractivity (Wildman–Crippen MR) is 253 cm³/mol. The average molecular weight is 772 g/mol. The summed E-state index contributed by atoms with van der Waals surface area (Å²) in [6.07, 6.45) is 3.82. The molecule has 0 saturated heterocycles. The highest BCUT2D eigenvalue weighted by molar-refractivity contribution is 7.26. The molecular formula is C57H41NS. The van der Waals surface area contributed by atoms with Gasteiger partial charge in [0, 0.05) is 37.2 Å². The first kappa shape index (κ1) is 35.2. The molecule has 1 aliphatic rings. The number of fused-ring (bicyclic) bond motifs is 7. The van der Waals surface area contributed by atoms with Crippen molar-refractivity contribution in [1.29, 1.82) is 0 Å². The molecule has 0 unspecified atom stereocenters. The molecular weight excluding hydrogens is 731 g/mol. The third-order valence-corrected chi connectivity index (χ3v) is 13.6. The van der Waals surface area contributed by atoms with Gasteiger partial charge < -0.3 is 4.90 Å². The number of allylic oxidation sites excluding steroid dienone is 1. The second kappa shape index (κ2) is 14.4. The molecule has 0 spiro atoms. The third kappa shape index (κ3) is 5.67. The van der Waals surface area contributed by atoms with Crippen LogP contribution in [0.4, 0.5) is 17.1 Å². The van der Waals surface area contributed by atoms with Gasteiger partial charge in [-0.15, -0.1) is 17.9 Å². The van der Waals surface area contributed by atoms with Crippen molar-refractivity contribution in [2.75, 3.05) is 4.90 Å². The average Bonchev–Trinajstić information content (AvgIpc) is 3.83. The highest BCUT2D eigenvalue weighted by Crippen LogP contribution is 2.57. The molecule has 11 rings (SSSR count). The van der Waals surface area contributed by atoms with Gasteiger partial charge in [0.2, 0.25) is 0 Å². The summed E-state index contributed by atoms with van der Waals surface area (Å²) in [6.45, 7) is 4.12. The van der Waals surface area contributed by atoms with Crippen LogP contribution in [-0.4, -0.2) is 0 Å². The Morgan fingerprint density at radius 2 is 1.10 bits per heavy atom. The lowest BCUT2D eigenvalue weighted by Gasteiger charge is -2.35. The highest BCUT2D eigenvalue weighted by Gasteiger charge is 2.46. The van der Waals surface area contributed by atoms with E-state index in [0.717, 1.165) is 24.2 Å². The molecule has 59 heavy (non-hydrogen) atoms. The standard InChI is InChI=1S/C57H41NS/c1-2-3-17-42-36-40-18-10-11-19-41(40)37-54(42)58(45-32-30-39(31-33-45)47-26-16-27-51-50-25-13-15-29-55(50)59-56(47)51)46-34-35-49-48-24-12-14-28-52(48)57(53(49)38-46,43-20-6-4-7-21-43)44-22-8-5-9-23-44/h2,4-16,18-38H,1,3,17H2. The van der Waals surface area contributed by atoms with E-state index in [-0.39, 0.29) is 0 Å². The van der Waals surface area contributed by atoms with Gasteiger partial charge in [0.15, 0.2) is 0 Å². The summed E-state index contributed by atoms with van der Waals surface area (Å²) in [5.41, 5.74) is 14.4. The maximum atomic E-state index is 4.12. The van der Waals surface area contributed by atoms with E-state index in [1.807, 2.05) is 17.4 Å². The Balaban J connectivity index is 1.15. The maximum absolute atomic E-state index is 4.12. The van der Waals surface area contributed by atoms with E-state index in [4.69, 9.17) is 0 Å².